The Hall–Kier alpha value is -0.940. The molecule has 0 spiro atoms. The second-order valence-corrected chi connectivity index (χ2v) is 6.21. The van der Waals surface area contributed by atoms with Crippen molar-refractivity contribution in [3.63, 3.8) is 0 Å². The van der Waals surface area contributed by atoms with Gasteiger partial charge < -0.3 is 5.73 Å². The smallest absolute Gasteiger partial charge is 0.160 e. The fraction of sp³-hybridized carbons (Fsp3) is 0.538. The molecule has 1 aliphatic carbocycles. The zero-order chi connectivity index (χ0) is 12.6. The van der Waals surface area contributed by atoms with Crippen LogP contribution in [0.15, 0.2) is 22.8 Å². The molecule has 18 heavy (non-hydrogen) atoms. The average Bonchev–Trinajstić information content (AvgIpc) is 2.72. The summed E-state index contributed by atoms with van der Waals surface area (Å²) in [6, 6.07) is 3.94. The molecule has 3 rings (SSSR count). The van der Waals surface area contributed by atoms with Gasteiger partial charge in [-0.25, -0.2) is 0 Å². The van der Waals surface area contributed by atoms with Gasteiger partial charge in [0.25, 0.3) is 0 Å². The van der Waals surface area contributed by atoms with Crippen molar-refractivity contribution >= 4 is 21.6 Å². The fourth-order valence-electron chi connectivity index (χ4n) is 2.78. The molecule has 0 aromatic carbocycles. The van der Waals surface area contributed by atoms with E-state index < -0.39 is 0 Å². The maximum Gasteiger partial charge on any atom is 0.160 e. The zero-order valence-corrected chi connectivity index (χ0v) is 11.9. The van der Waals surface area contributed by atoms with E-state index in [0.717, 1.165) is 35.2 Å². The summed E-state index contributed by atoms with van der Waals surface area (Å²) in [6.07, 6.45) is 8.78. The summed E-state index contributed by atoms with van der Waals surface area (Å²) in [6.45, 7) is 0. The summed E-state index contributed by atoms with van der Waals surface area (Å²) < 4.78 is 3.07. The number of hydrogen-bond acceptors (Lipinski definition) is 3. The summed E-state index contributed by atoms with van der Waals surface area (Å²) in [5.74, 6) is 0.968. The highest BCUT2D eigenvalue weighted by Gasteiger charge is 2.29. The molecular weight excluding hydrogens is 292 g/mol. The van der Waals surface area contributed by atoms with Gasteiger partial charge in [-0.15, -0.1) is 10.2 Å². The quantitative estimate of drug-likeness (QED) is 0.928. The Bertz CT molecular complexity index is 557. The highest BCUT2D eigenvalue weighted by molar-refractivity contribution is 9.10. The van der Waals surface area contributed by atoms with Crippen molar-refractivity contribution < 1.29 is 0 Å². The van der Waals surface area contributed by atoms with Gasteiger partial charge in [0, 0.05) is 22.6 Å². The lowest BCUT2D eigenvalue weighted by atomic mass is 9.80. The number of nitrogens with zero attached hydrogens (tertiary/aromatic N) is 3. The molecule has 0 aliphatic heterocycles. The summed E-state index contributed by atoms with van der Waals surface area (Å²) in [4.78, 5) is 0. The van der Waals surface area contributed by atoms with Crippen molar-refractivity contribution in [1.82, 2.24) is 14.6 Å². The number of rotatable bonds is 2. The Kier molecular flexibility index (Phi) is 3.11. The van der Waals surface area contributed by atoms with E-state index >= 15 is 0 Å². The third-order valence-corrected chi connectivity index (χ3v) is 4.27. The summed E-state index contributed by atoms with van der Waals surface area (Å²) >= 11 is 3.48. The second kappa shape index (κ2) is 4.63. The van der Waals surface area contributed by atoms with Gasteiger partial charge in [-0.3, -0.25) is 4.40 Å². The molecule has 0 bridgehead atoms. The standard InChI is InChI=1S/C13H17BrN4/c14-10-4-5-11-16-17-12(18(11)9-10)8-13(15)6-2-1-3-7-13/h4-5,9H,1-3,6-8,15H2. The minimum Gasteiger partial charge on any atom is -0.325 e. The van der Waals surface area contributed by atoms with Gasteiger partial charge in [0.2, 0.25) is 0 Å². The van der Waals surface area contributed by atoms with E-state index in [9.17, 15) is 0 Å². The maximum absolute atomic E-state index is 6.49. The lowest BCUT2D eigenvalue weighted by molar-refractivity contribution is 0.289. The fourth-order valence-corrected chi connectivity index (χ4v) is 3.12. The Balaban J connectivity index is 1.92. The zero-order valence-electron chi connectivity index (χ0n) is 10.3. The van der Waals surface area contributed by atoms with Crippen LogP contribution in [-0.2, 0) is 6.42 Å². The molecule has 5 heteroatoms. The molecule has 1 aliphatic rings. The second-order valence-electron chi connectivity index (χ2n) is 5.29. The minimum absolute atomic E-state index is 0.0937. The van der Waals surface area contributed by atoms with Crippen molar-refractivity contribution in [3.05, 3.63) is 28.6 Å². The van der Waals surface area contributed by atoms with Crippen LogP contribution in [0, 0.1) is 0 Å². The number of hydrogen-bond donors (Lipinski definition) is 1. The summed E-state index contributed by atoms with van der Waals surface area (Å²) in [7, 11) is 0. The lowest BCUT2D eigenvalue weighted by Crippen LogP contribution is -2.44. The highest BCUT2D eigenvalue weighted by Crippen LogP contribution is 2.28. The van der Waals surface area contributed by atoms with Crippen LogP contribution in [0.4, 0.5) is 0 Å². The van der Waals surface area contributed by atoms with Gasteiger partial charge in [0.05, 0.1) is 0 Å². The largest absolute Gasteiger partial charge is 0.325 e. The van der Waals surface area contributed by atoms with Crippen LogP contribution in [0.2, 0.25) is 0 Å². The Morgan fingerprint density at radius 3 is 2.78 bits per heavy atom. The first-order valence-corrected chi connectivity index (χ1v) is 7.24. The van der Waals surface area contributed by atoms with Crippen LogP contribution >= 0.6 is 15.9 Å². The molecule has 1 saturated carbocycles. The van der Waals surface area contributed by atoms with Gasteiger partial charge in [-0.1, -0.05) is 19.3 Å². The van der Waals surface area contributed by atoms with E-state index in [1.807, 2.05) is 22.7 Å². The Labute approximate surface area is 115 Å². The molecule has 2 aromatic rings. The first kappa shape index (κ1) is 12.1. The summed E-state index contributed by atoms with van der Waals surface area (Å²) in [5.41, 5.74) is 7.27. The number of pyridine rings is 1. The van der Waals surface area contributed by atoms with E-state index in [0.29, 0.717) is 0 Å². The maximum atomic E-state index is 6.49. The molecule has 1 fully saturated rings. The van der Waals surface area contributed by atoms with Crippen LogP contribution < -0.4 is 5.73 Å². The van der Waals surface area contributed by atoms with Crippen LogP contribution in [0.1, 0.15) is 37.9 Å². The molecule has 2 heterocycles. The van der Waals surface area contributed by atoms with Crippen LogP contribution in [0.25, 0.3) is 5.65 Å². The van der Waals surface area contributed by atoms with Gasteiger partial charge >= 0.3 is 0 Å². The number of nitrogens with two attached hydrogens (primary N) is 1. The van der Waals surface area contributed by atoms with Crippen LogP contribution in [0.3, 0.4) is 0 Å². The Morgan fingerprint density at radius 1 is 1.22 bits per heavy atom. The molecule has 0 unspecified atom stereocenters. The average molecular weight is 309 g/mol. The molecule has 0 radical (unpaired) electrons. The molecule has 2 aromatic heterocycles. The molecule has 4 nitrogen and oxygen atoms in total. The van der Waals surface area contributed by atoms with Gasteiger partial charge in [0.1, 0.15) is 5.82 Å². The molecule has 0 amide bonds. The van der Waals surface area contributed by atoms with E-state index in [1.54, 1.807) is 0 Å². The lowest BCUT2D eigenvalue weighted by Gasteiger charge is -2.32. The van der Waals surface area contributed by atoms with Crippen molar-refractivity contribution in [2.24, 2.45) is 5.73 Å². The number of halogens is 1. The first-order chi connectivity index (χ1) is 8.66. The molecule has 96 valence electrons. The molecule has 0 atom stereocenters. The highest BCUT2D eigenvalue weighted by atomic mass is 79.9. The normalized spacial score (nSPS) is 19.2. The van der Waals surface area contributed by atoms with Gasteiger partial charge in [-0.05, 0) is 40.9 Å². The van der Waals surface area contributed by atoms with Crippen molar-refractivity contribution in [2.75, 3.05) is 0 Å². The van der Waals surface area contributed by atoms with Crippen molar-refractivity contribution in [3.8, 4) is 0 Å². The van der Waals surface area contributed by atoms with E-state index in [1.165, 1.54) is 19.3 Å². The number of aromatic nitrogens is 3. The third kappa shape index (κ3) is 2.29. The van der Waals surface area contributed by atoms with Gasteiger partial charge in [0.15, 0.2) is 5.65 Å². The minimum atomic E-state index is -0.0937. The van der Waals surface area contributed by atoms with E-state index in [-0.39, 0.29) is 5.54 Å². The number of fused-ring (bicyclic) bond motifs is 1. The Morgan fingerprint density at radius 2 is 2.00 bits per heavy atom. The predicted octanol–water partition coefficient (Wildman–Crippen LogP) is 2.70. The summed E-state index contributed by atoms with van der Waals surface area (Å²) in [5, 5.41) is 8.48. The SMILES string of the molecule is NC1(Cc2nnc3ccc(Br)cn23)CCCCC1. The first-order valence-electron chi connectivity index (χ1n) is 6.44. The predicted molar refractivity (Wildman–Crippen MR) is 74.4 cm³/mol. The van der Waals surface area contributed by atoms with E-state index in [4.69, 9.17) is 5.73 Å². The molecule has 0 saturated heterocycles. The monoisotopic (exact) mass is 308 g/mol. The van der Waals surface area contributed by atoms with Crippen molar-refractivity contribution in [1.29, 1.82) is 0 Å². The third-order valence-electron chi connectivity index (χ3n) is 3.80. The van der Waals surface area contributed by atoms with Crippen LogP contribution in [-0.4, -0.2) is 20.1 Å². The topological polar surface area (TPSA) is 56.2 Å². The van der Waals surface area contributed by atoms with Crippen molar-refractivity contribution in [2.45, 2.75) is 44.1 Å². The molecular formula is C13H17BrN4. The molecule has 2 N–H and O–H groups in total. The van der Waals surface area contributed by atoms with Gasteiger partial charge in [-0.2, -0.15) is 0 Å². The van der Waals surface area contributed by atoms with Crippen LogP contribution in [0.5, 0.6) is 0 Å². The van der Waals surface area contributed by atoms with E-state index in [2.05, 4.69) is 26.1 Å².